The molecule has 2 amide bonds. The predicted octanol–water partition coefficient (Wildman–Crippen LogP) is -7.83. The molecule has 16 nitrogen and oxygen atoms in total. The second kappa shape index (κ2) is 15.2. The van der Waals surface area contributed by atoms with Gasteiger partial charge in [-0.3, -0.25) is 19.3 Å². The number of carboxylic acids is 1. The van der Waals surface area contributed by atoms with Crippen LogP contribution in [0.4, 0.5) is 5.13 Å². The zero-order chi connectivity index (χ0) is 29.3. The van der Waals surface area contributed by atoms with E-state index in [1.165, 1.54) is 28.9 Å². The van der Waals surface area contributed by atoms with E-state index in [0.29, 0.717) is 16.5 Å². The molecule has 0 radical (unpaired) electrons. The Labute approximate surface area is 302 Å². The molecule has 4 N–H and O–H groups in total. The number of nitrogen functional groups attached to an aromatic ring is 1. The number of thioether (sulfide) groups is 2. The first-order chi connectivity index (χ1) is 19.6. The van der Waals surface area contributed by atoms with Crippen LogP contribution in [0.5, 0.6) is 5.75 Å². The second-order valence-electron chi connectivity index (χ2n) is 8.25. The number of nitrogens with one attached hydrogen (secondary N) is 1. The summed E-state index contributed by atoms with van der Waals surface area (Å²) in [5.74, 6) is -3.41. The van der Waals surface area contributed by atoms with Gasteiger partial charge in [-0.05, 0) is 22.9 Å². The number of β-lactam (4-membered cyclic amide) rings is 1. The molecule has 2 aliphatic rings. The Hall–Kier alpha value is -2.14. The van der Waals surface area contributed by atoms with Gasteiger partial charge in [0.1, 0.15) is 27.0 Å². The van der Waals surface area contributed by atoms with Gasteiger partial charge >= 0.3 is 59.1 Å². The maximum Gasteiger partial charge on any atom is 1.00 e. The van der Waals surface area contributed by atoms with Crippen LogP contribution in [-0.4, -0.2) is 75.8 Å². The van der Waals surface area contributed by atoms with Gasteiger partial charge in [-0.25, -0.2) is 4.98 Å². The largest absolute Gasteiger partial charge is 1.00 e. The maximum atomic E-state index is 13.2. The van der Waals surface area contributed by atoms with Gasteiger partial charge in [0.15, 0.2) is 22.9 Å². The molecule has 5 rings (SSSR count). The molecule has 22 heteroatoms. The molecule has 1 saturated heterocycles. The fourth-order valence-electron chi connectivity index (χ4n) is 3.79. The number of anilines is 1. The molecule has 2 atom stereocenters. The average molecular weight is 683 g/mol. The van der Waals surface area contributed by atoms with Crippen molar-refractivity contribution in [2.75, 3.05) is 17.2 Å². The number of pyridine rings is 1. The smallest absolute Gasteiger partial charge is 0.869 e. The fraction of sp³-hybridized carbons (Fsp3) is 0.238. The molecule has 5 heterocycles. The van der Waals surface area contributed by atoms with E-state index in [1.54, 1.807) is 6.20 Å². The Morgan fingerprint density at radius 2 is 2.09 bits per heavy atom. The average Bonchev–Trinajstić information content (AvgIpc) is 3.62. The van der Waals surface area contributed by atoms with E-state index in [4.69, 9.17) is 10.6 Å². The minimum absolute atomic E-state index is 0. The molecule has 3 aromatic rings. The Balaban J connectivity index is 0.00000253. The van der Waals surface area contributed by atoms with Crippen molar-refractivity contribution in [1.29, 1.82) is 0 Å². The number of carbonyl (C=O) groups is 3. The number of nitrogens with two attached hydrogens (primary N) is 1. The summed E-state index contributed by atoms with van der Waals surface area (Å²) in [5, 5.41) is 44.0. The van der Waals surface area contributed by atoms with Gasteiger partial charge in [-0.15, -0.1) is 40.0 Å². The SMILES string of the molecule is Nc1nc(/C(=N\OCc2cc(=O)c([O-])cn2O)C(=O)N[C@@H]2C(=O)N3C(C(=O)[O-])=C(CSc4cnns4)CS[C@H]23)cs1.[Na+].[Na+]. The molecule has 214 valence electrons. The summed E-state index contributed by atoms with van der Waals surface area (Å²) >= 11 is 4.78. The zero-order valence-electron chi connectivity index (χ0n) is 22.3. The molecule has 1 fully saturated rings. The van der Waals surface area contributed by atoms with Gasteiger partial charge in [0.05, 0.1) is 17.9 Å². The monoisotopic (exact) mass is 682 g/mol. The third kappa shape index (κ3) is 7.75. The van der Waals surface area contributed by atoms with E-state index >= 15 is 0 Å². The zero-order valence-corrected chi connectivity index (χ0v) is 29.5. The third-order valence-corrected chi connectivity index (χ3v) is 9.61. The van der Waals surface area contributed by atoms with Crippen LogP contribution in [0, 0.1) is 0 Å². The molecule has 0 unspecified atom stereocenters. The van der Waals surface area contributed by atoms with Crippen molar-refractivity contribution >= 4 is 75.0 Å². The molecule has 0 aromatic carbocycles. The molecular weight excluding hydrogens is 667 g/mol. The van der Waals surface area contributed by atoms with Crippen LogP contribution in [0.3, 0.4) is 0 Å². The number of fused-ring (bicyclic) bond motifs is 1. The molecule has 43 heavy (non-hydrogen) atoms. The van der Waals surface area contributed by atoms with E-state index in [0.717, 1.165) is 38.0 Å². The number of hydrogen-bond donors (Lipinski definition) is 3. The van der Waals surface area contributed by atoms with Crippen molar-refractivity contribution in [3.05, 3.63) is 56.7 Å². The van der Waals surface area contributed by atoms with Crippen LogP contribution < -0.4 is 85.8 Å². The summed E-state index contributed by atoms with van der Waals surface area (Å²) in [6.45, 7) is -0.505. The van der Waals surface area contributed by atoms with Gasteiger partial charge in [-0.2, -0.15) is 4.73 Å². The van der Waals surface area contributed by atoms with Crippen LogP contribution >= 0.6 is 46.4 Å². The van der Waals surface area contributed by atoms with Crippen molar-refractivity contribution in [2.24, 2.45) is 5.16 Å². The van der Waals surface area contributed by atoms with Crippen LogP contribution in [0.25, 0.3) is 0 Å². The number of thiazole rings is 1. The topological polar surface area (TPSA) is 241 Å². The summed E-state index contributed by atoms with van der Waals surface area (Å²) < 4.78 is 4.94. The molecule has 0 bridgehead atoms. The van der Waals surface area contributed by atoms with Gasteiger partial charge in [0, 0.05) is 29.1 Å². The van der Waals surface area contributed by atoms with E-state index in [1.807, 2.05) is 0 Å². The van der Waals surface area contributed by atoms with Crippen molar-refractivity contribution < 1.29 is 93.8 Å². The quantitative estimate of drug-likeness (QED) is 0.0450. The number of aliphatic carboxylic acids is 1. The third-order valence-electron chi connectivity index (χ3n) is 5.68. The molecule has 2 aliphatic heterocycles. The normalized spacial score (nSPS) is 17.7. The van der Waals surface area contributed by atoms with Crippen molar-refractivity contribution in [2.45, 2.75) is 22.2 Å². The Kier molecular flexibility index (Phi) is 12.5. The van der Waals surface area contributed by atoms with Crippen LogP contribution in [-0.2, 0) is 25.8 Å². The van der Waals surface area contributed by atoms with Gasteiger partial charge < -0.3 is 36.1 Å². The Morgan fingerprint density at radius 3 is 2.74 bits per heavy atom. The van der Waals surface area contributed by atoms with E-state index < -0.39 is 47.0 Å². The molecule has 0 spiro atoms. The molecule has 3 aromatic heterocycles. The number of rotatable bonds is 10. The summed E-state index contributed by atoms with van der Waals surface area (Å²) in [5.41, 5.74) is 4.58. The molecule has 0 saturated carbocycles. The summed E-state index contributed by atoms with van der Waals surface area (Å²) in [7, 11) is 0. The van der Waals surface area contributed by atoms with Gasteiger partial charge in [0.25, 0.3) is 11.8 Å². The van der Waals surface area contributed by atoms with Crippen LogP contribution in [0.15, 0.2) is 49.3 Å². The number of oxime groups is 1. The number of amides is 2. The van der Waals surface area contributed by atoms with Crippen molar-refractivity contribution in [3.63, 3.8) is 0 Å². The number of aromatic nitrogens is 4. The minimum Gasteiger partial charge on any atom is -0.869 e. The van der Waals surface area contributed by atoms with Crippen molar-refractivity contribution in [1.82, 2.24) is 29.5 Å². The maximum absolute atomic E-state index is 13.2. The molecular formula is C21H16N8Na2O8S4. The predicted molar refractivity (Wildman–Crippen MR) is 143 cm³/mol. The number of hydrogen-bond acceptors (Lipinski definition) is 17. The molecule has 0 aliphatic carbocycles. The van der Waals surface area contributed by atoms with E-state index in [9.17, 15) is 34.6 Å². The first-order valence-corrected chi connectivity index (χ1v) is 14.9. The second-order valence-corrected chi connectivity index (χ2v) is 12.3. The summed E-state index contributed by atoms with van der Waals surface area (Å²) in [6, 6.07) is -0.237. The first-order valence-electron chi connectivity index (χ1n) is 11.3. The van der Waals surface area contributed by atoms with Crippen molar-refractivity contribution in [3.8, 4) is 5.75 Å². The number of nitrogens with zero attached hydrogens (tertiary/aromatic N) is 6. The summed E-state index contributed by atoms with van der Waals surface area (Å²) in [4.78, 5) is 60.1. The van der Waals surface area contributed by atoms with E-state index in [2.05, 4.69) is 25.0 Å². The Bertz CT molecular complexity index is 1650. The standard InChI is InChI=1S/C21H18N8O8S4.2Na/c22-21-24-10(7-40-21)14(26-37-4-9-1-11(30)12(31)3-28(9)36)17(32)25-15-18(33)29-16(20(34)35)8(6-39-19(15)29)5-38-13-2-23-27-41-13;;/h1-3,7,15,19,31,36H,4-6H2,(H2,22,24)(H,25,32)(H,34,35);;/q;2*+1/p-2/b26-14+;;/t15-,19-;;/m1../s1. The van der Waals surface area contributed by atoms with E-state index in [-0.39, 0.29) is 98.5 Å². The van der Waals surface area contributed by atoms with Crippen LogP contribution in [0.2, 0.25) is 0 Å². The van der Waals surface area contributed by atoms with Gasteiger partial charge in [0.2, 0.25) is 0 Å². The summed E-state index contributed by atoms with van der Waals surface area (Å²) in [6.07, 6.45) is 2.21. The number of carbonyl (C=O) groups excluding carboxylic acids is 3. The minimum atomic E-state index is -1.51. The number of carboxylic acid groups (broad SMARTS) is 1. The van der Waals surface area contributed by atoms with Crippen LogP contribution in [0.1, 0.15) is 11.4 Å². The first kappa shape index (κ1) is 35.3. The van der Waals surface area contributed by atoms with Gasteiger partial charge in [-0.1, -0.05) is 9.64 Å². The fourth-order valence-corrected chi connectivity index (χ4v) is 7.25. The Morgan fingerprint density at radius 1 is 1.33 bits per heavy atom.